The zero-order chi connectivity index (χ0) is 13.1. The van der Waals surface area contributed by atoms with Gasteiger partial charge in [-0.1, -0.05) is 18.5 Å². The molecule has 1 aromatic carbocycles. The lowest BCUT2D eigenvalue weighted by Crippen LogP contribution is -2.49. The molecule has 0 aliphatic rings. The van der Waals surface area contributed by atoms with Crippen molar-refractivity contribution in [1.82, 2.24) is 5.32 Å². The predicted octanol–water partition coefficient (Wildman–Crippen LogP) is 3.43. The Morgan fingerprint density at radius 1 is 1.47 bits per heavy atom. The highest BCUT2D eigenvalue weighted by Crippen LogP contribution is 2.25. The summed E-state index contributed by atoms with van der Waals surface area (Å²) in [5.41, 5.74) is 0.123. The van der Waals surface area contributed by atoms with Crippen molar-refractivity contribution in [2.75, 3.05) is 11.9 Å². The van der Waals surface area contributed by atoms with Gasteiger partial charge in [-0.3, -0.25) is 4.79 Å². The van der Waals surface area contributed by atoms with E-state index in [0.717, 1.165) is 16.7 Å². The lowest BCUT2D eigenvalue weighted by atomic mass is 10.0. The van der Waals surface area contributed by atoms with Gasteiger partial charge in [-0.2, -0.15) is 0 Å². The van der Waals surface area contributed by atoms with E-state index in [9.17, 15) is 4.79 Å². The minimum absolute atomic E-state index is 0.0754. The Kier molecular flexibility index (Phi) is 4.98. The maximum atomic E-state index is 12.0. The topological polar surface area (TPSA) is 41.1 Å². The van der Waals surface area contributed by atoms with Crippen LogP contribution in [0.15, 0.2) is 22.7 Å². The van der Waals surface area contributed by atoms with Crippen molar-refractivity contribution in [3.8, 4) is 0 Å². The molecule has 5 heteroatoms. The molecule has 0 saturated carbocycles. The van der Waals surface area contributed by atoms with Crippen molar-refractivity contribution in [3.05, 3.63) is 27.7 Å². The summed E-state index contributed by atoms with van der Waals surface area (Å²) in [6.45, 7) is 6.40. The van der Waals surface area contributed by atoms with Crippen LogP contribution in [-0.4, -0.2) is 18.0 Å². The number of carbonyl (C=O) groups is 1. The number of carbonyl (C=O) groups excluding carboxylic acids is 1. The normalized spacial score (nSPS) is 11.4. The minimum atomic E-state index is -0.596. The van der Waals surface area contributed by atoms with Crippen LogP contribution in [0.25, 0.3) is 0 Å². The standard InChI is InChI=1S/C12H16BrClN2O/c1-4-15-12(2,3)11(17)16-8-5-6-10(14)9(13)7-8/h5-7,15H,4H2,1-3H3,(H,16,17). The van der Waals surface area contributed by atoms with Crippen LogP contribution in [0.2, 0.25) is 5.02 Å². The molecule has 0 bridgehead atoms. The Morgan fingerprint density at radius 2 is 2.12 bits per heavy atom. The Balaban J connectivity index is 2.77. The molecule has 0 spiro atoms. The lowest BCUT2D eigenvalue weighted by Gasteiger charge is -2.24. The molecule has 1 amide bonds. The molecule has 0 fully saturated rings. The van der Waals surface area contributed by atoms with Gasteiger partial charge in [0.05, 0.1) is 10.6 Å². The number of nitrogens with one attached hydrogen (secondary N) is 2. The van der Waals surface area contributed by atoms with Crippen LogP contribution < -0.4 is 10.6 Å². The first-order chi connectivity index (χ1) is 7.86. The summed E-state index contributed by atoms with van der Waals surface area (Å²) in [4.78, 5) is 12.0. The highest BCUT2D eigenvalue weighted by atomic mass is 79.9. The number of anilines is 1. The molecule has 1 rings (SSSR count). The molecule has 3 nitrogen and oxygen atoms in total. The van der Waals surface area contributed by atoms with Gasteiger partial charge in [0.1, 0.15) is 0 Å². The number of likely N-dealkylation sites (N-methyl/N-ethyl adjacent to an activating group) is 1. The molecule has 0 atom stereocenters. The van der Waals surface area contributed by atoms with Gasteiger partial charge in [0.15, 0.2) is 0 Å². The van der Waals surface area contributed by atoms with Crippen molar-refractivity contribution in [2.45, 2.75) is 26.3 Å². The summed E-state index contributed by atoms with van der Waals surface area (Å²) in [7, 11) is 0. The largest absolute Gasteiger partial charge is 0.324 e. The second-order valence-electron chi connectivity index (χ2n) is 4.24. The van der Waals surface area contributed by atoms with Gasteiger partial charge in [-0.05, 0) is 54.5 Å². The molecule has 0 saturated heterocycles. The van der Waals surface area contributed by atoms with Crippen LogP contribution >= 0.6 is 27.5 Å². The summed E-state index contributed by atoms with van der Waals surface area (Å²) >= 11 is 9.20. The fourth-order valence-corrected chi connectivity index (χ4v) is 1.88. The van der Waals surface area contributed by atoms with Crippen LogP contribution in [-0.2, 0) is 4.79 Å². The van der Waals surface area contributed by atoms with E-state index in [4.69, 9.17) is 11.6 Å². The Bertz CT molecular complexity index is 421. The van der Waals surface area contributed by atoms with Crippen molar-refractivity contribution >= 4 is 39.1 Å². The van der Waals surface area contributed by atoms with Crippen molar-refractivity contribution in [2.24, 2.45) is 0 Å². The van der Waals surface area contributed by atoms with Gasteiger partial charge in [0, 0.05) is 10.2 Å². The first-order valence-corrected chi connectivity index (χ1v) is 6.55. The predicted molar refractivity (Wildman–Crippen MR) is 75.5 cm³/mol. The zero-order valence-electron chi connectivity index (χ0n) is 10.1. The van der Waals surface area contributed by atoms with Gasteiger partial charge < -0.3 is 10.6 Å². The fraction of sp³-hybridized carbons (Fsp3) is 0.417. The van der Waals surface area contributed by atoms with Crippen LogP contribution in [0.3, 0.4) is 0 Å². The fourth-order valence-electron chi connectivity index (χ4n) is 1.38. The minimum Gasteiger partial charge on any atom is -0.324 e. The second-order valence-corrected chi connectivity index (χ2v) is 5.50. The van der Waals surface area contributed by atoms with Gasteiger partial charge >= 0.3 is 0 Å². The van der Waals surface area contributed by atoms with Crippen LogP contribution in [0.4, 0.5) is 5.69 Å². The summed E-state index contributed by atoms with van der Waals surface area (Å²) in [6, 6.07) is 5.29. The summed E-state index contributed by atoms with van der Waals surface area (Å²) in [5.74, 6) is -0.0754. The van der Waals surface area contributed by atoms with E-state index in [0.29, 0.717) is 5.02 Å². The average molecular weight is 320 g/mol. The number of amides is 1. The third-order valence-corrected chi connectivity index (χ3v) is 3.58. The molecule has 2 N–H and O–H groups in total. The number of hydrogen-bond acceptors (Lipinski definition) is 2. The molecule has 0 heterocycles. The SMILES string of the molecule is CCNC(C)(C)C(=O)Nc1ccc(Cl)c(Br)c1. The van der Waals surface area contributed by atoms with E-state index >= 15 is 0 Å². The number of halogens is 2. The van der Waals surface area contributed by atoms with E-state index in [2.05, 4.69) is 26.6 Å². The highest BCUT2D eigenvalue weighted by Gasteiger charge is 2.26. The Morgan fingerprint density at radius 3 is 2.65 bits per heavy atom. The van der Waals surface area contributed by atoms with E-state index in [-0.39, 0.29) is 5.91 Å². The Hall–Kier alpha value is -0.580. The first kappa shape index (κ1) is 14.5. The smallest absolute Gasteiger partial charge is 0.244 e. The number of rotatable bonds is 4. The molecule has 17 heavy (non-hydrogen) atoms. The van der Waals surface area contributed by atoms with Crippen molar-refractivity contribution in [1.29, 1.82) is 0 Å². The zero-order valence-corrected chi connectivity index (χ0v) is 12.4. The van der Waals surface area contributed by atoms with E-state index < -0.39 is 5.54 Å². The second kappa shape index (κ2) is 5.85. The number of benzene rings is 1. The third-order valence-electron chi connectivity index (χ3n) is 2.36. The maximum absolute atomic E-state index is 12.0. The van der Waals surface area contributed by atoms with Gasteiger partial charge in [-0.25, -0.2) is 0 Å². The first-order valence-electron chi connectivity index (χ1n) is 5.38. The van der Waals surface area contributed by atoms with Crippen LogP contribution in [0.5, 0.6) is 0 Å². The third kappa shape index (κ3) is 3.98. The summed E-state index contributed by atoms with van der Waals surface area (Å²) in [6.07, 6.45) is 0. The quantitative estimate of drug-likeness (QED) is 0.892. The van der Waals surface area contributed by atoms with E-state index in [1.165, 1.54) is 0 Å². The van der Waals surface area contributed by atoms with Crippen molar-refractivity contribution in [3.63, 3.8) is 0 Å². The lowest BCUT2D eigenvalue weighted by molar-refractivity contribution is -0.121. The monoisotopic (exact) mass is 318 g/mol. The van der Waals surface area contributed by atoms with Crippen LogP contribution in [0, 0.1) is 0 Å². The van der Waals surface area contributed by atoms with Crippen LogP contribution in [0.1, 0.15) is 20.8 Å². The van der Waals surface area contributed by atoms with E-state index in [1.54, 1.807) is 18.2 Å². The average Bonchev–Trinajstić information content (AvgIpc) is 2.23. The summed E-state index contributed by atoms with van der Waals surface area (Å²) in [5, 5.41) is 6.58. The highest BCUT2D eigenvalue weighted by molar-refractivity contribution is 9.10. The molecular weight excluding hydrogens is 304 g/mol. The number of hydrogen-bond donors (Lipinski definition) is 2. The molecule has 94 valence electrons. The molecule has 0 aliphatic carbocycles. The van der Waals surface area contributed by atoms with Gasteiger partial charge in [0.2, 0.25) is 5.91 Å². The van der Waals surface area contributed by atoms with E-state index in [1.807, 2.05) is 20.8 Å². The van der Waals surface area contributed by atoms with Crippen molar-refractivity contribution < 1.29 is 4.79 Å². The van der Waals surface area contributed by atoms with Gasteiger partial charge in [-0.15, -0.1) is 0 Å². The molecular formula is C12H16BrClN2O. The Labute approximate surface area is 115 Å². The van der Waals surface area contributed by atoms with Gasteiger partial charge in [0.25, 0.3) is 0 Å². The summed E-state index contributed by atoms with van der Waals surface area (Å²) < 4.78 is 0.762. The molecule has 0 aromatic heterocycles. The maximum Gasteiger partial charge on any atom is 0.244 e. The molecule has 0 aliphatic heterocycles. The molecule has 0 radical (unpaired) electrons. The molecule has 0 unspecified atom stereocenters. The molecule has 1 aromatic rings.